The Kier molecular flexibility index (Phi) is 4.00. The highest BCUT2D eigenvalue weighted by Crippen LogP contribution is 2.35. The maximum Gasteiger partial charge on any atom is 0.0560 e. The van der Waals surface area contributed by atoms with Gasteiger partial charge in [-0.05, 0) is 30.5 Å². The van der Waals surface area contributed by atoms with Gasteiger partial charge in [-0.25, -0.2) is 0 Å². The molecule has 0 atom stereocenters. The molecule has 88 valence electrons. The number of ether oxygens (including phenoxy) is 2. The topological polar surface area (TPSA) is 18.5 Å². The van der Waals surface area contributed by atoms with Crippen LogP contribution in [0.25, 0.3) is 0 Å². The Morgan fingerprint density at radius 3 is 2.44 bits per heavy atom. The lowest BCUT2D eigenvalue weighted by atomic mass is 9.75. The molecule has 3 heteroatoms. The zero-order valence-corrected chi connectivity index (χ0v) is 11.1. The van der Waals surface area contributed by atoms with Gasteiger partial charge in [0.15, 0.2) is 0 Å². The molecule has 1 aliphatic rings. The second-order valence-corrected chi connectivity index (χ2v) is 5.25. The molecule has 1 aromatic rings. The van der Waals surface area contributed by atoms with Gasteiger partial charge in [0.05, 0.1) is 6.61 Å². The van der Waals surface area contributed by atoms with Gasteiger partial charge in [0, 0.05) is 30.2 Å². The quantitative estimate of drug-likeness (QED) is 0.849. The van der Waals surface area contributed by atoms with Crippen LogP contribution in [-0.2, 0) is 14.9 Å². The zero-order valence-electron chi connectivity index (χ0n) is 9.54. The maximum absolute atomic E-state index is 5.45. The molecule has 0 bridgehead atoms. The van der Waals surface area contributed by atoms with E-state index in [2.05, 4.69) is 40.2 Å². The monoisotopic (exact) mass is 284 g/mol. The fourth-order valence-corrected chi connectivity index (χ4v) is 2.62. The summed E-state index contributed by atoms with van der Waals surface area (Å²) in [6, 6.07) is 8.58. The van der Waals surface area contributed by atoms with Gasteiger partial charge >= 0.3 is 0 Å². The number of hydrogen-bond donors (Lipinski definition) is 0. The molecular weight excluding hydrogens is 268 g/mol. The first kappa shape index (κ1) is 12.1. The van der Waals surface area contributed by atoms with Crippen molar-refractivity contribution >= 4 is 15.9 Å². The molecule has 0 N–H and O–H groups in total. The van der Waals surface area contributed by atoms with Crippen molar-refractivity contribution in [1.29, 1.82) is 0 Å². The number of benzene rings is 1. The Labute approximate surface area is 105 Å². The predicted molar refractivity (Wildman–Crippen MR) is 67.7 cm³/mol. The van der Waals surface area contributed by atoms with E-state index in [4.69, 9.17) is 9.47 Å². The second-order valence-electron chi connectivity index (χ2n) is 4.33. The Morgan fingerprint density at radius 2 is 1.88 bits per heavy atom. The van der Waals surface area contributed by atoms with E-state index in [0.29, 0.717) is 0 Å². The van der Waals surface area contributed by atoms with Crippen molar-refractivity contribution < 1.29 is 9.47 Å². The van der Waals surface area contributed by atoms with Gasteiger partial charge in [0.2, 0.25) is 0 Å². The first-order chi connectivity index (χ1) is 7.77. The Morgan fingerprint density at radius 1 is 1.25 bits per heavy atom. The first-order valence-corrected chi connectivity index (χ1v) is 6.39. The maximum atomic E-state index is 5.45. The summed E-state index contributed by atoms with van der Waals surface area (Å²) in [5, 5.41) is 0. The molecule has 0 spiro atoms. The van der Waals surface area contributed by atoms with Crippen molar-refractivity contribution in [3.63, 3.8) is 0 Å². The van der Waals surface area contributed by atoms with Gasteiger partial charge in [0.25, 0.3) is 0 Å². The minimum atomic E-state index is 0.147. The Bertz CT molecular complexity index is 323. The minimum Gasteiger partial charge on any atom is -0.384 e. The predicted octanol–water partition coefficient (Wildman–Crippen LogP) is 3.14. The Hall–Kier alpha value is -0.380. The highest BCUT2D eigenvalue weighted by atomic mass is 79.9. The molecule has 1 aliphatic heterocycles. The molecule has 1 saturated heterocycles. The summed E-state index contributed by atoms with van der Waals surface area (Å²) in [5.74, 6) is 0. The number of methoxy groups -OCH3 is 1. The lowest BCUT2D eigenvalue weighted by molar-refractivity contribution is 0.0136. The van der Waals surface area contributed by atoms with Crippen molar-refractivity contribution in [3.8, 4) is 0 Å². The summed E-state index contributed by atoms with van der Waals surface area (Å²) in [6.45, 7) is 2.44. The van der Waals surface area contributed by atoms with Crippen molar-refractivity contribution in [3.05, 3.63) is 34.3 Å². The van der Waals surface area contributed by atoms with E-state index in [1.807, 2.05) is 0 Å². The SMILES string of the molecule is COCC1(c2ccc(Br)cc2)CCOCC1. The summed E-state index contributed by atoms with van der Waals surface area (Å²) in [6.07, 6.45) is 2.09. The van der Waals surface area contributed by atoms with Gasteiger partial charge in [-0.1, -0.05) is 28.1 Å². The van der Waals surface area contributed by atoms with Crippen molar-refractivity contribution in [1.82, 2.24) is 0 Å². The molecule has 0 radical (unpaired) electrons. The molecule has 0 aromatic heterocycles. The third-order valence-electron chi connectivity index (χ3n) is 3.33. The van der Waals surface area contributed by atoms with Gasteiger partial charge in [-0.3, -0.25) is 0 Å². The van der Waals surface area contributed by atoms with Gasteiger partial charge in [0.1, 0.15) is 0 Å². The van der Waals surface area contributed by atoms with Crippen LogP contribution in [0.4, 0.5) is 0 Å². The minimum absolute atomic E-state index is 0.147. The van der Waals surface area contributed by atoms with E-state index in [9.17, 15) is 0 Å². The van der Waals surface area contributed by atoms with Gasteiger partial charge in [-0.15, -0.1) is 0 Å². The third-order valence-corrected chi connectivity index (χ3v) is 3.86. The lowest BCUT2D eigenvalue weighted by Crippen LogP contribution is -2.37. The normalized spacial score (nSPS) is 19.6. The number of halogens is 1. The summed E-state index contributed by atoms with van der Waals surface area (Å²) in [4.78, 5) is 0. The second kappa shape index (κ2) is 5.30. The van der Waals surface area contributed by atoms with Crippen LogP contribution in [0.1, 0.15) is 18.4 Å². The highest BCUT2D eigenvalue weighted by Gasteiger charge is 2.34. The Balaban J connectivity index is 2.26. The van der Waals surface area contributed by atoms with Crippen LogP contribution in [-0.4, -0.2) is 26.9 Å². The average molecular weight is 285 g/mol. The largest absolute Gasteiger partial charge is 0.384 e. The van der Waals surface area contributed by atoms with Crippen LogP contribution in [0.3, 0.4) is 0 Å². The third kappa shape index (κ3) is 2.47. The number of rotatable bonds is 3. The summed E-state index contributed by atoms with van der Waals surface area (Å²) in [5.41, 5.74) is 1.51. The average Bonchev–Trinajstić information content (AvgIpc) is 2.31. The molecular formula is C13H17BrO2. The summed E-state index contributed by atoms with van der Waals surface area (Å²) < 4.78 is 12.0. The smallest absolute Gasteiger partial charge is 0.0560 e. The van der Waals surface area contributed by atoms with E-state index in [1.165, 1.54) is 5.56 Å². The fourth-order valence-electron chi connectivity index (χ4n) is 2.36. The van der Waals surface area contributed by atoms with E-state index < -0.39 is 0 Å². The summed E-state index contributed by atoms with van der Waals surface area (Å²) in [7, 11) is 1.77. The molecule has 0 saturated carbocycles. The highest BCUT2D eigenvalue weighted by molar-refractivity contribution is 9.10. The molecule has 0 aliphatic carbocycles. The van der Waals surface area contributed by atoms with E-state index >= 15 is 0 Å². The van der Waals surface area contributed by atoms with Crippen LogP contribution in [0.15, 0.2) is 28.7 Å². The molecule has 0 unspecified atom stereocenters. The molecule has 16 heavy (non-hydrogen) atoms. The van der Waals surface area contributed by atoms with Crippen molar-refractivity contribution in [2.24, 2.45) is 0 Å². The van der Waals surface area contributed by atoms with E-state index in [-0.39, 0.29) is 5.41 Å². The van der Waals surface area contributed by atoms with Crippen molar-refractivity contribution in [2.45, 2.75) is 18.3 Å². The molecule has 1 heterocycles. The number of hydrogen-bond acceptors (Lipinski definition) is 2. The van der Waals surface area contributed by atoms with E-state index in [0.717, 1.165) is 37.1 Å². The van der Waals surface area contributed by atoms with E-state index in [1.54, 1.807) is 7.11 Å². The standard InChI is InChI=1S/C13H17BrO2/c1-15-10-13(6-8-16-9-7-13)11-2-4-12(14)5-3-11/h2-5H,6-10H2,1H3. The zero-order chi connectivity index (χ0) is 11.4. The van der Waals surface area contributed by atoms with Crippen molar-refractivity contribution in [2.75, 3.05) is 26.9 Å². The molecule has 2 nitrogen and oxygen atoms in total. The van der Waals surface area contributed by atoms with Gasteiger partial charge in [-0.2, -0.15) is 0 Å². The fraction of sp³-hybridized carbons (Fsp3) is 0.538. The molecule has 2 rings (SSSR count). The molecule has 1 fully saturated rings. The van der Waals surface area contributed by atoms with Gasteiger partial charge < -0.3 is 9.47 Å². The van der Waals surface area contributed by atoms with Crippen LogP contribution < -0.4 is 0 Å². The molecule has 0 amide bonds. The van der Waals surface area contributed by atoms with Crippen LogP contribution >= 0.6 is 15.9 Å². The molecule has 1 aromatic carbocycles. The van der Waals surface area contributed by atoms with Crippen LogP contribution in [0.2, 0.25) is 0 Å². The summed E-state index contributed by atoms with van der Waals surface area (Å²) >= 11 is 3.47. The van der Waals surface area contributed by atoms with Crippen LogP contribution in [0, 0.1) is 0 Å². The van der Waals surface area contributed by atoms with Crippen LogP contribution in [0.5, 0.6) is 0 Å². The first-order valence-electron chi connectivity index (χ1n) is 5.60. The lowest BCUT2D eigenvalue weighted by Gasteiger charge is -2.37.